The molecule has 0 atom stereocenters. The summed E-state index contributed by atoms with van der Waals surface area (Å²) in [6, 6.07) is 0. The smallest absolute Gasteiger partial charge is 0.333 e. The molecule has 116 valence electrons. The quantitative estimate of drug-likeness (QED) is 0.502. The molecule has 0 spiro atoms. The lowest BCUT2D eigenvalue weighted by Crippen LogP contribution is -2.28. The maximum absolute atomic E-state index is 11.8. The van der Waals surface area contributed by atoms with Crippen molar-refractivity contribution in [1.29, 1.82) is 0 Å². The van der Waals surface area contributed by atoms with E-state index in [-0.39, 0.29) is 18.8 Å². The van der Waals surface area contributed by atoms with Gasteiger partial charge in [-0.1, -0.05) is 20.4 Å². The van der Waals surface area contributed by atoms with E-state index in [0.29, 0.717) is 5.57 Å². The predicted molar refractivity (Wildman–Crippen MR) is 79.3 cm³/mol. The molecule has 4 heteroatoms. The molecule has 0 fully saturated rings. The fourth-order valence-electron chi connectivity index (χ4n) is 1.18. The molecule has 0 heterocycles. The zero-order valence-corrected chi connectivity index (χ0v) is 13.7. The second-order valence-corrected chi connectivity index (χ2v) is 6.19. The Hall–Kier alpha value is -1.32. The molecule has 0 aliphatic heterocycles. The number of carbonyl (C=O) groups excluding carboxylic acids is 2. The number of carbonyl (C=O) groups is 2. The molecule has 0 aromatic carbocycles. The molecular formula is C16H28O4. The van der Waals surface area contributed by atoms with Gasteiger partial charge in [0.2, 0.25) is 0 Å². The summed E-state index contributed by atoms with van der Waals surface area (Å²) in [7, 11) is 0. The van der Waals surface area contributed by atoms with Crippen LogP contribution in [0.15, 0.2) is 12.2 Å². The van der Waals surface area contributed by atoms with Crippen LogP contribution in [0.5, 0.6) is 0 Å². The third-order valence-corrected chi connectivity index (χ3v) is 3.38. The summed E-state index contributed by atoms with van der Waals surface area (Å²) < 4.78 is 10.6. The van der Waals surface area contributed by atoms with Gasteiger partial charge in [0.1, 0.15) is 11.2 Å². The fourth-order valence-corrected chi connectivity index (χ4v) is 1.18. The highest BCUT2D eigenvalue weighted by atomic mass is 16.6. The first-order chi connectivity index (χ1) is 9.03. The highest BCUT2D eigenvalue weighted by Gasteiger charge is 2.24. The standard InChI is InChI=1S/C16H28O4/c1-8-15(4,5)19-13(17)11-10-12(3)14(18)20-16(6,7)9-2/h3,8-11H2,1-2,4-7H3. The van der Waals surface area contributed by atoms with E-state index in [0.717, 1.165) is 12.8 Å². The van der Waals surface area contributed by atoms with E-state index < -0.39 is 17.2 Å². The van der Waals surface area contributed by atoms with E-state index >= 15 is 0 Å². The van der Waals surface area contributed by atoms with E-state index in [1.54, 1.807) is 0 Å². The third kappa shape index (κ3) is 7.31. The Balaban J connectivity index is 4.23. The number of hydrogen-bond acceptors (Lipinski definition) is 4. The molecule has 0 rings (SSSR count). The first-order valence-corrected chi connectivity index (χ1v) is 7.16. The molecule has 0 bridgehead atoms. The van der Waals surface area contributed by atoms with Gasteiger partial charge in [-0.05, 0) is 47.0 Å². The van der Waals surface area contributed by atoms with Gasteiger partial charge in [-0.2, -0.15) is 0 Å². The molecule has 0 saturated carbocycles. The number of esters is 2. The van der Waals surface area contributed by atoms with E-state index in [2.05, 4.69) is 6.58 Å². The van der Waals surface area contributed by atoms with E-state index in [1.165, 1.54) is 0 Å². The molecule has 0 amide bonds. The molecule has 0 radical (unpaired) electrons. The average molecular weight is 284 g/mol. The van der Waals surface area contributed by atoms with Crippen LogP contribution in [0.3, 0.4) is 0 Å². The molecule has 0 aromatic heterocycles. The summed E-state index contributed by atoms with van der Waals surface area (Å²) in [6.07, 6.45) is 1.87. The lowest BCUT2D eigenvalue weighted by molar-refractivity contribution is -0.156. The van der Waals surface area contributed by atoms with Crippen LogP contribution in [-0.4, -0.2) is 23.1 Å². The van der Waals surface area contributed by atoms with Crippen LogP contribution in [-0.2, 0) is 19.1 Å². The van der Waals surface area contributed by atoms with Gasteiger partial charge in [-0.15, -0.1) is 0 Å². The molecule has 0 unspecified atom stereocenters. The Bertz CT molecular complexity index is 367. The van der Waals surface area contributed by atoms with Crippen LogP contribution >= 0.6 is 0 Å². The zero-order chi connectivity index (χ0) is 16.0. The van der Waals surface area contributed by atoms with Gasteiger partial charge in [-0.25, -0.2) is 4.79 Å². The summed E-state index contributed by atoms with van der Waals surface area (Å²) in [4.78, 5) is 23.5. The molecule has 4 nitrogen and oxygen atoms in total. The van der Waals surface area contributed by atoms with Crippen molar-refractivity contribution in [2.45, 2.75) is 78.4 Å². The van der Waals surface area contributed by atoms with Crippen LogP contribution in [0.2, 0.25) is 0 Å². The van der Waals surface area contributed by atoms with Crippen LogP contribution in [0.4, 0.5) is 0 Å². The second kappa shape index (κ2) is 7.46. The van der Waals surface area contributed by atoms with Crippen LogP contribution < -0.4 is 0 Å². The molecule has 0 N–H and O–H groups in total. The van der Waals surface area contributed by atoms with Gasteiger partial charge in [0.25, 0.3) is 0 Å². The molecule has 0 aromatic rings. The Labute approximate surface area is 122 Å². The molecule has 20 heavy (non-hydrogen) atoms. The van der Waals surface area contributed by atoms with Crippen molar-refractivity contribution in [3.8, 4) is 0 Å². The largest absolute Gasteiger partial charge is 0.460 e. The predicted octanol–water partition coefficient (Wildman–Crippen LogP) is 3.79. The van der Waals surface area contributed by atoms with Crippen molar-refractivity contribution in [2.24, 2.45) is 0 Å². The van der Waals surface area contributed by atoms with Gasteiger partial charge in [0.15, 0.2) is 0 Å². The van der Waals surface area contributed by atoms with Crippen molar-refractivity contribution < 1.29 is 19.1 Å². The van der Waals surface area contributed by atoms with Gasteiger partial charge < -0.3 is 9.47 Å². The Morgan fingerprint density at radius 3 is 1.80 bits per heavy atom. The summed E-state index contributed by atoms with van der Waals surface area (Å²) in [5.41, 5.74) is -0.675. The normalized spacial score (nSPS) is 11.9. The third-order valence-electron chi connectivity index (χ3n) is 3.38. The van der Waals surface area contributed by atoms with Crippen LogP contribution in [0.1, 0.15) is 67.2 Å². The van der Waals surface area contributed by atoms with E-state index in [1.807, 2.05) is 41.5 Å². The lowest BCUT2D eigenvalue weighted by Gasteiger charge is -2.24. The topological polar surface area (TPSA) is 52.6 Å². The summed E-state index contributed by atoms with van der Waals surface area (Å²) in [5, 5.41) is 0. The van der Waals surface area contributed by atoms with Crippen molar-refractivity contribution >= 4 is 11.9 Å². The Kier molecular flexibility index (Phi) is 6.97. The van der Waals surface area contributed by atoms with E-state index in [4.69, 9.17) is 9.47 Å². The first kappa shape index (κ1) is 18.7. The number of rotatable bonds is 8. The maximum atomic E-state index is 11.8. The zero-order valence-electron chi connectivity index (χ0n) is 13.7. The summed E-state index contributed by atoms with van der Waals surface area (Å²) in [5.74, 6) is -0.764. The maximum Gasteiger partial charge on any atom is 0.333 e. The highest BCUT2D eigenvalue weighted by molar-refractivity contribution is 5.88. The molecule has 0 saturated heterocycles. The van der Waals surface area contributed by atoms with Crippen LogP contribution in [0.25, 0.3) is 0 Å². The number of ether oxygens (including phenoxy) is 2. The summed E-state index contributed by atoms with van der Waals surface area (Å²) in [6.45, 7) is 15.0. The van der Waals surface area contributed by atoms with Gasteiger partial charge >= 0.3 is 11.9 Å². The van der Waals surface area contributed by atoms with Gasteiger partial charge in [0, 0.05) is 12.0 Å². The Morgan fingerprint density at radius 1 is 0.900 bits per heavy atom. The SMILES string of the molecule is C=C(CCC(=O)OC(C)(C)CC)C(=O)OC(C)(C)CC. The second-order valence-electron chi connectivity index (χ2n) is 6.19. The minimum Gasteiger partial charge on any atom is -0.460 e. The van der Waals surface area contributed by atoms with Crippen molar-refractivity contribution in [2.75, 3.05) is 0 Å². The average Bonchev–Trinajstić information content (AvgIpc) is 2.34. The van der Waals surface area contributed by atoms with Crippen molar-refractivity contribution in [3.05, 3.63) is 12.2 Å². The molecule has 0 aliphatic rings. The first-order valence-electron chi connectivity index (χ1n) is 7.16. The van der Waals surface area contributed by atoms with Gasteiger partial charge in [-0.3, -0.25) is 4.79 Å². The minimum absolute atomic E-state index is 0.143. The fraction of sp³-hybridized carbons (Fsp3) is 0.750. The molecular weight excluding hydrogens is 256 g/mol. The minimum atomic E-state index is -0.509. The van der Waals surface area contributed by atoms with E-state index in [9.17, 15) is 9.59 Å². The lowest BCUT2D eigenvalue weighted by atomic mass is 10.1. The summed E-state index contributed by atoms with van der Waals surface area (Å²) >= 11 is 0. The van der Waals surface area contributed by atoms with Gasteiger partial charge in [0.05, 0.1) is 0 Å². The van der Waals surface area contributed by atoms with Crippen molar-refractivity contribution in [3.63, 3.8) is 0 Å². The number of hydrogen-bond donors (Lipinski definition) is 0. The van der Waals surface area contributed by atoms with Crippen molar-refractivity contribution in [1.82, 2.24) is 0 Å². The highest BCUT2D eigenvalue weighted by Crippen LogP contribution is 2.19. The molecule has 0 aliphatic carbocycles. The Morgan fingerprint density at radius 2 is 1.35 bits per heavy atom. The monoisotopic (exact) mass is 284 g/mol. The van der Waals surface area contributed by atoms with Crippen LogP contribution in [0, 0.1) is 0 Å².